The molecule has 0 atom stereocenters. The summed E-state index contributed by atoms with van der Waals surface area (Å²) >= 11 is 6.96. The zero-order valence-electron chi connectivity index (χ0n) is 23.0. The maximum Gasteiger partial charge on any atom is 0.255 e. The molecule has 41 heavy (non-hydrogen) atoms. The molecule has 0 heterocycles. The number of nitrogens with one attached hydrogen (secondary N) is 2. The van der Waals surface area contributed by atoms with Gasteiger partial charge >= 0.3 is 0 Å². The minimum atomic E-state index is -0.189. The van der Waals surface area contributed by atoms with Crippen LogP contribution >= 0.6 is 31.9 Å². The summed E-state index contributed by atoms with van der Waals surface area (Å²) in [4.78, 5) is 25.5. The Labute approximate surface area is 257 Å². The van der Waals surface area contributed by atoms with Crippen LogP contribution in [0.2, 0.25) is 0 Å². The fraction of sp³-hybridized carbons (Fsp3) is 0.212. The molecular formula is C33H32Br2N2O4. The highest BCUT2D eigenvalue weighted by Crippen LogP contribution is 2.28. The summed E-state index contributed by atoms with van der Waals surface area (Å²) in [5, 5.41) is 5.89. The lowest BCUT2D eigenvalue weighted by atomic mass is 10.0. The van der Waals surface area contributed by atoms with Crippen molar-refractivity contribution in [2.24, 2.45) is 0 Å². The van der Waals surface area contributed by atoms with E-state index in [1.807, 2.05) is 62.4 Å². The van der Waals surface area contributed by atoms with E-state index in [2.05, 4.69) is 42.5 Å². The van der Waals surface area contributed by atoms with Crippen molar-refractivity contribution in [3.63, 3.8) is 0 Å². The van der Waals surface area contributed by atoms with Crippen molar-refractivity contribution >= 4 is 55.0 Å². The van der Waals surface area contributed by atoms with Crippen LogP contribution in [0.3, 0.4) is 0 Å². The van der Waals surface area contributed by atoms with E-state index >= 15 is 0 Å². The Morgan fingerprint density at radius 1 is 0.610 bits per heavy atom. The number of halogens is 2. The Balaban J connectivity index is 1.30. The maximum atomic E-state index is 12.7. The van der Waals surface area contributed by atoms with Gasteiger partial charge in [0.25, 0.3) is 11.8 Å². The van der Waals surface area contributed by atoms with Crippen molar-refractivity contribution in [2.45, 2.75) is 33.1 Å². The van der Waals surface area contributed by atoms with Gasteiger partial charge in [-0.2, -0.15) is 0 Å². The first-order chi connectivity index (χ1) is 19.9. The molecule has 0 saturated carbocycles. The third-order valence-electron chi connectivity index (χ3n) is 6.14. The van der Waals surface area contributed by atoms with Gasteiger partial charge in [0, 0.05) is 22.5 Å². The second-order valence-electron chi connectivity index (χ2n) is 9.47. The normalized spacial score (nSPS) is 10.6. The molecule has 0 aliphatic rings. The van der Waals surface area contributed by atoms with Crippen LogP contribution in [0.5, 0.6) is 11.5 Å². The number of hydrogen-bond donors (Lipinski definition) is 2. The van der Waals surface area contributed by atoms with Crippen molar-refractivity contribution in [1.82, 2.24) is 0 Å². The first-order valence-corrected chi connectivity index (χ1v) is 15.1. The monoisotopic (exact) mass is 678 g/mol. The van der Waals surface area contributed by atoms with E-state index in [9.17, 15) is 9.59 Å². The van der Waals surface area contributed by atoms with E-state index in [1.54, 1.807) is 36.4 Å². The van der Waals surface area contributed by atoms with Crippen molar-refractivity contribution in [3.05, 3.63) is 116 Å². The van der Waals surface area contributed by atoms with Gasteiger partial charge in [-0.25, -0.2) is 0 Å². The molecule has 212 valence electrons. The number of anilines is 2. The average molecular weight is 680 g/mol. The number of rotatable bonds is 12. The van der Waals surface area contributed by atoms with Gasteiger partial charge in [0.05, 0.1) is 22.2 Å². The summed E-state index contributed by atoms with van der Waals surface area (Å²) < 4.78 is 12.8. The highest BCUT2D eigenvalue weighted by molar-refractivity contribution is 9.10. The Bertz CT molecular complexity index is 1380. The van der Waals surface area contributed by atoms with Crippen LogP contribution in [0, 0.1) is 0 Å². The summed E-state index contributed by atoms with van der Waals surface area (Å²) in [6.45, 7) is 5.34. The quantitative estimate of drug-likeness (QED) is 0.157. The van der Waals surface area contributed by atoms with Crippen LogP contribution in [0.15, 0.2) is 93.9 Å². The van der Waals surface area contributed by atoms with Gasteiger partial charge in [-0.15, -0.1) is 0 Å². The predicted octanol–water partition coefficient (Wildman–Crippen LogP) is 8.88. The minimum absolute atomic E-state index is 0.189. The molecule has 0 bridgehead atoms. The molecular weight excluding hydrogens is 648 g/mol. The molecule has 8 heteroatoms. The number of carbonyl (C=O) groups is 2. The van der Waals surface area contributed by atoms with Crippen LogP contribution in [0.4, 0.5) is 11.4 Å². The summed E-state index contributed by atoms with van der Waals surface area (Å²) in [5.74, 6) is 1.07. The van der Waals surface area contributed by atoms with Gasteiger partial charge < -0.3 is 20.1 Å². The highest BCUT2D eigenvalue weighted by Gasteiger charge is 2.11. The molecule has 0 spiro atoms. The van der Waals surface area contributed by atoms with Crippen molar-refractivity contribution in [2.75, 3.05) is 23.8 Å². The number of ether oxygens (including phenoxy) is 2. The summed E-state index contributed by atoms with van der Waals surface area (Å²) in [7, 11) is 0. The van der Waals surface area contributed by atoms with Gasteiger partial charge in [0.15, 0.2) is 0 Å². The largest absolute Gasteiger partial charge is 0.492 e. The zero-order valence-corrected chi connectivity index (χ0v) is 26.2. The van der Waals surface area contributed by atoms with E-state index in [0.29, 0.717) is 24.3 Å². The van der Waals surface area contributed by atoms with Crippen LogP contribution in [-0.2, 0) is 6.42 Å². The van der Waals surface area contributed by atoms with E-state index in [-0.39, 0.29) is 11.8 Å². The van der Waals surface area contributed by atoms with Crippen molar-refractivity contribution in [1.29, 1.82) is 0 Å². The SMILES string of the molecule is CCCOc1ccc(C(=O)Nc2ccc(Cc3ccc(NC(=O)c4ccc(OCCC)c(Br)c4)cc3)cc2)cc1Br. The molecule has 0 aliphatic carbocycles. The van der Waals surface area contributed by atoms with E-state index in [1.165, 1.54) is 0 Å². The van der Waals surface area contributed by atoms with Crippen LogP contribution in [0.1, 0.15) is 58.5 Å². The summed E-state index contributed by atoms with van der Waals surface area (Å²) in [6.07, 6.45) is 2.55. The molecule has 6 nitrogen and oxygen atoms in total. The van der Waals surface area contributed by atoms with Gasteiger partial charge in [-0.05, 0) is 123 Å². The Morgan fingerprint density at radius 3 is 1.34 bits per heavy atom. The minimum Gasteiger partial charge on any atom is -0.492 e. The molecule has 0 radical (unpaired) electrons. The van der Waals surface area contributed by atoms with Crippen molar-refractivity contribution in [3.8, 4) is 11.5 Å². The Hall–Kier alpha value is -3.62. The molecule has 0 fully saturated rings. The maximum absolute atomic E-state index is 12.7. The lowest BCUT2D eigenvalue weighted by molar-refractivity contribution is 0.101. The molecule has 0 saturated heterocycles. The number of hydrogen-bond acceptors (Lipinski definition) is 4. The van der Waals surface area contributed by atoms with Gasteiger partial charge in [0.1, 0.15) is 11.5 Å². The van der Waals surface area contributed by atoms with Crippen LogP contribution < -0.4 is 20.1 Å². The molecule has 4 aromatic rings. The lowest BCUT2D eigenvalue weighted by Crippen LogP contribution is -2.12. The molecule has 2 N–H and O–H groups in total. The summed E-state index contributed by atoms with van der Waals surface area (Å²) in [6, 6.07) is 26.2. The zero-order chi connectivity index (χ0) is 29.2. The summed E-state index contributed by atoms with van der Waals surface area (Å²) in [5.41, 5.74) is 4.74. The highest BCUT2D eigenvalue weighted by atomic mass is 79.9. The molecule has 0 aromatic heterocycles. The Morgan fingerprint density at radius 2 is 1.00 bits per heavy atom. The number of benzene rings is 4. The van der Waals surface area contributed by atoms with E-state index < -0.39 is 0 Å². The molecule has 0 unspecified atom stereocenters. The van der Waals surface area contributed by atoms with Gasteiger partial charge in [-0.3, -0.25) is 9.59 Å². The lowest BCUT2D eigenvalue weighted by Gasteiger charge is -2.11. The molecule has 2 amide bonds. The first kappa shape index (κ1) is 30.3. The molecule has 0 aliphatic heterocycles. The number of amides is 2. The van der Waals surface area contributed by atoms with Crippen LogP contribution in [0.25, 0.3) is 0 Å². The van der Waals surface area contributed by atoms with E-state index in [4.69, 9.17) is 9.47 Å². The molecule has 4 rings (SSSR count). The van der Waals surface area contributed by atoms with Crippen molar-refractivity contribution < 1.29 is 19.1 Å². The second-order valence-corrected chi connectivity index (χ2v) is 11.2. The number of carbonyl (C=O) groups excluding carboxylic acids is 2. The van der Waals surface area contributed by atoms with Gasteiger partial charge in [-0.1, -0.05) is 38.1 Å². The average Bonchev–Trinajstić information content (AvgIpc) is 2.97. The third kappa shape index (κ3) is 8.68. The Kier molecular flexibility index (Phi) is 11.0. The smallest absolute Gasteiger partial charge is 0.255 e. The topological polar surface area (TPSA) is 76.7 Å². The molecule has 4 aromatic carbocycles. The fourth-order valence-electron chi connectivity index (χ4n) is 4.00. The van der Waals surface area contributed by atoms with Crippen LogP contribution in [-0.4, -0.2) is 25.0 Å². The fourth-order valence-corrected chi connectivity index (χ4v) is 4.98. The first-order valence-electron chi connectivity index (χ1n) is 13.5. The predicted molar refractivity (Wildman–Crippen MR) is 171 cm³/mol. The van der Waals surface area contributed by atoms with E-state index in [0.717, 1.165) is 62.2 Å². The standard InChI is InChI=1S/C33H32Br2N2O4/c1-3-17-40-30-15-9-24(20-28(30)34)32(38)36-26-11-5-22(6-12-26)19-23-7-13-27(14-8-23)37-33(39)25-10-16-31(29(35)21-25)41-18-4-2/h5-16,20-21H,3-4,17-19H2,1-2H3,(H,36,38)(H,37,39). The van der Waals surface area contributed by atoms with Gasteiger partial charge in [0.2, 0.25) is 0 Å². The third-order valence-corrected chi connectivity index (χ3v) is 7.38. The second kappa shape index (κ2) is 14.8.